The van der Waals surface area contributed by atoms with Gasteiger partial charge in [0.2, 0.25) is 0 Å². The van der Waals surface area contributed by atoms with Crippen molar-refractivity contribution in [3.63, 3.8) is 0 Å². The van der Waals surface area contributed by atoms with Crippen LogP contribution in [-0.4, -0.2) is 9.97 Å². The largest absolute Gasteiger partial charge is 0.241 e. The van der Waals surface area contributed by atoms with Crippen molar-refractivity contribution in [1.82, 2.24) is 9.97 Å². The van der Waals surface area contributed by atoms with Crippen molar-refractivity contribution in [2.24, 2.45) is 0 Å². The zero-order valence-electron chi connectivity index (χ0n) is 9.37. The number of rotatable bonds is 2. The van der Waals surface area contributed by atoms with Gasteiger partial charge in [-0.05, 0) is 26.0 Å². The third-order valence-corrected chi connectivity index (χ3v) is 3.68. The summed E-state index contributed by atoms with van der Waals surface area (Å²) >= 11 is 7.17. The van der Waals surface area contributed by atoms with E-state index in [1.165, 1.54) is 17.8 Å². The number of halogens is 2. The second kappa shape index (κ2) is 5.02. The van der Waals surface area contributed by atoms with Crippen LogP contribution in [0.15, 0.2) is 34.2 Å². The Hall–Kier alpha value is -1.13. The predicted octanol–water partition coefficient (Wildman–Crippen LogP) is 4.04. The lowest BCUT2D eigenvalue weighted by atomic mass is 10.3. The molecule has 0 saturated carbocycles. The van der Waals surface area contributed by atoms with Gasteiger partial charge in [0, 0.05) is 4.90 Å². The number of nitrogens with zero attached hydrogens (tertiary/aromatic N) is 2. The summed E-state index contributed by atoms with van der Waals surface area (Å²) < 4.78 is 13.5. The Balaban J connectivity index is 2.37. The molecule has 0 atom stereocenters. The van der Waals surface area contributed by atoms with Crippen molar-refractivity contribution in [2.45, 2.75) is 23.8 Å². The summed E-state index contributed by atoms with van der Waals surface area (Å²) in [6.45, 7) is 3.69. The normalized spacial score (nSPS) is 10.6. The molecule has 5 heteroatoms. The van der Waals surface area contributed by atoms with Crippen LogP contribution in [0.4, 0.5) is 4.39 Å². The van der Waals surface area contributed by atoms with E-state index in [2.05, 4.69) is 9.97 Å². The first-order valence-electron chi connectivity index (χ1n) is 5.01. The number of benzene rings is 1. The first kappa shape index (κ1) is 12.3. The smallest absolute Gasteiger partial charge is 0.161 e. The quantitative estimate of drug-likeness (QED) is 0.822. The number of aromatic nitrogens is 2. The van der Waals surface area contributed by atoms with Crippen molar-refractivity contribution < 1.29 is 4.39 Å². The Kier molecular flexibility index (Phi) is 3.64. The predicted molar refractivity (Wildman–Crippen MR) is 67.0 cm³/mol. The second-order valence-corrected chi connectivity index (χ2v) is 4.91. The molecule has 0 amide bonds. The Morgan fingerprint density at radius 3 is 2.47 bits per heavy atom. The van der Waals surface area contributed by atoms with Crippen LogP contribution in [0.1, 0.15) is 11.4 Å². The molecule has 0 aliphatic rings. The standard InChI is InChI=1S/C12H10ClFN2S/c1-7-8(2)16-12(11(13)15-7)17-10-6-4-3-5-9(10)14/h3-6H,1-2H3. The van der Waals surface area contributed by atoms with Crippen LogP contribution in [0.25, 0.3) is 0 Å². The van der Waals surface area contributed by atoms with E-state index in [-0.39, 0.29) is 5.82 Å². The van der Waals surface area contributed by atoms with E-state index < -0.39 is 0 Å². The molecular formula is C12H10ClFN2S. The third-order valence-electron chi connectivity index (χ3n) is 2.28. The van der Waals surface area contributed by atoms with Gasteiger partial charge in [-0.2, -0.15) is 0 Å². The Bertz CT molecular complexity index is 560. The molecule has 0 spiro atoms. The van der Waals surface area contributed by atoms with Gasteiger partial charge in [-0.25, -0.2) is 14.4 Å². The fraction of sp³-hybridized carbons (Fsp3) is 0.167. The van der Waals surface area contributed by atoms with E-state index in [1.54, 1.807) is 18.2 Å². The summed E-state index contributed by atoms with van der Waals surface area (Å²) in [5.41, 5.74) is 1.58. The van der Waals surface area contributed by atoms with E-state index in [0.717, 1.165) is 11.4 Å². The highest BCUT2D eigenvalue weighted by Gasteiger charge is 2.11. The molecule has 1 heterocycles. The van der Waals surface area contributed by atoms with Crippen LogP contribution in [-0.2, 0) is 0 Å². The van der Waals surface area contributed by atoms with Crippen molar-refractivity contribution in [3.8, 4) is 0 Å². The SMILES string of the molecule is Cc1nc(Cl)c(Sc2ccccc2F)nc1C. The zero-order valence-corrected chi connectivity index (χ0v) is 10.9. The zero-order chi connectivity index (χ0) is 12.4. The molecule has 0 bridgehead atoms. The molecular weight excluding hydrogens is 259 g/mol. The molecule has 2 aromatic rings. The Morgan fingerprint density at radius 2 is 1.76 bits per heavy atom. The summed E-state index contributed by atoms with van der Waals surface area (Å²) in [5, 5.41) is 0.834. The van der Waals surface area contributed by atoms with Gasteiger partial charge in [-0.1, -0.05) is 35.5 Å². The molecule has 0 saturated heterocycles. The monoisotopic (exact) mass is 268 g/mol. The van der Waals surface area contributed by atoms with Gasteiger partial charge >= 0.3 is 0 Å². The molecule has 0 N–H and O–H groups in total. The maximum Gasteiger partial charge on any atom is 0.161 e. The molecule has 2 nitrogen and oxygen atoms in total. The number of hydrogen-bond donors (Lipinski definition) is 0. The molecule has 88 valence electrons. The summed E-state index contributed by atoms with van der Waals surface area (Å²) in [4.78, 5) is 8.96. The van der Waals surface area contributed by atoms with E-state index >= 15 is 0 Å². The summed E-state index contributed by atoms with van der Waals surface area (Å²) in [6, 6.07) is 6.51. The maximum absolute atomic E-state index is 13.5. The molecule has 1 aromatic carbocycles. The minimum Gasteiger partial charge on any atom is -0.241 e. The van der Waals surface area contributed by atoms with Crippen LogP contribution >= 0.6 is 23.4 Å². The minimum atomic E-state index is -0.284. The number of hydrogen-bond acceptors (Lipinski definition) is 3. The van der Waals surface area contributed by atoms with E-state index in [9.17, 15) is 4.39 Å². The van der Waals surface area contributed by atoms with Crippen LogP contribution in [0.2, 0.25) is 5.15 Å². The molecule has 1 aromatic heterocycles. The highest BCUT2D eigenvalue weighted by atomic mass is 35.5. The molecule has 0 aliphatic heterocycles. The van der Waals surface area contributed by atoms with Gasteiger partial charge in [-0.3, -0.25) is 0 Å². The summed E-state index contributed by atoms with van der Waals surface area (Å²) in [7, 11) is 0. The van der Waals surface area contributed by atoms with Gasteiger partial charge in [0.05, 0.1) is 11.4 Å². The summed E-state index contributed by atoms with van der Waals surface area (Å²) in [6.07, 6.45) is 0. The van der Waals surface area contributed by atoms with Gasteiger partial charge in [0.15, 0.2) is 5.15 Å². The van der Waals surface area contributed by atoms with Crippen molar-refractivity contribution >= 4 is 23.4 Å². The average molecular weight is 269 g/mol. The summed E-state index contributed by atoms with van der Waals surface area (Å²) in [5.74, 6) is -0.284. The topological polar surface area (TPSA) is 25.8 Å². The van der Waals surface area contributed by atoms with Crippen LogP contribution in [0, 0.1) is 19.7 Å². The lowest BCUT2D eigenvalue weighted by Gasteiger charge is -2.06. The van der Waals surface area contributed by atoms with Crippen molar-refractivity contribution in [1.29, 1.82) is 0 Å². The minimum absolute atomic E-state index is 0.284. The van der Waals surface area contributed by atoms with Gasteiger partial charge in [-0.15, -0.1) is 0 Å². The Morgan fingerprint density at radius 1 is 1.12 bits per heavy atom. The van der Waals surface area contributed by atoms with Gasteiger partial charge in [0.25, 0.3) is 0 Å². The molecule has 0 unspecified atom stereocenters. The molecule has 2 rings (SSSR count). The average Bonchev–Trinajstić information content (AvgIpc) is 2.29. The van der Waals surface area contributed by atoms with E-state index in [0.29, 0.717) is 15.1 Å². The van der Waals surface area contributed by atoms with Crippen LogP contribution < -0.4 is 0 Å². The number of aryl methyl sites for hydroxylation is 2. The fourth-order valence-corrected chi connectivity index (χ4v) is 2.37. The highest BCUT2D eigenvalue weighted by molar-refractivity contribution is 7.99. The molecule has 0 radical (unpaired) electrons. The first-order valence-corrected chi connectivity index (χ1v) is 6.20. The highest BCUT2D eigenvalue weighted by Crippen LogP contribution is 2.32. The lowest BCUT2D eigenvalue weighted by molar-refractivity contribution is 0.602. The Labute approximate surface area is 108 Å². The molecule has 0 aliphatic carbocycles. The van der Waals surface area contributed by atoms with Crippen molar-refractivity contribution in [3.05, 3.63) is 46.6 Å². The lowest BCUT2D eigenvalue weighted by Crippen LogP contribution is -1.95. The second-order valence-electron chi connectivity index (χ2n) is 3.52. The van der Waals surface area contributed by atoms with Crippen LogP contribution in [0.3, 0.4) is 0 Å². The fourth-order valence-electron chi connectivity index (χ4n) is 1.25. The third kappa shape index (κ3) is 2.76. The maximum atomic E-state index is 13.5. The van der Waals surface area contributed by atoms with Gasteiger partial charge in [0.1, 0.15) is 10.8 Å². The van der Waals surface area contributed by atoms with E-state index in [4.69, 9.17) is 11.6 Å². The van der Waals surface area contributed by atoms with Crippen molar-refractivity contribution in [2.75, 3.05) is 0 Å². The molecule has 0 fully saturated rings. The molecule has 17 heavy (non-hydrogen) atoms. The van der Waals surface area contributed by atoms with Crippen LogP contribution in [0.5, 0.6) is 0 Å². The van der Waals surface area contributed by atoms with E-state index in [1.807, 2.05) is 13.8 Å². The first-order chi connectivity index (χ1) is 8.08. The van der Waals surface area contributed by atoms with Gasteiger partial charge < -0.3 is 0 Å².